The smallest absolute Gasteiger partial charge is 0.266 e. The predicted octanol–water partition coefficient (Wildman–Crippen LogP) is 4.48. The molecule has 0 spiro atoms. The Bertz CT molecular complexity index is 870. The number of ether oxygens (including phenoxy) is 2. The van der Waals surface area contributed by atoms with Gasteiger partial charge >= 0.3 is 0 Å². The fraction of sp³-hybridized carbons (Fsp3) is 0.167. The minimum absolute atomic E-state index is 0.115. The molecule has 1 heterocycles. The second-order valence-electron chi connectivity index (χ2n) is 5.08. The Morgan fingerprint density at radius 3 is 2.48 bits per heavy atom. The first kappa shape index (κ1) is 15.4. The van der Waals surface area contributed by atoms with Crippen LogP contribution in [0.3, 0.4) is 0 Å². The highest BCUT2D eigenvalue weighted by molar-refractivity contribution is 7.21. The van der Waals surface area contributed by atoms with E-state index in [1.807, 2.05) is 31.2 Å². The Morgan fingerprint density at radius 2 is 1.78 bits per heavy atom. The molecule has 2 aromatic carbocycles. The van der Waals surface area contributed by atoms with Crippen molar-refractivity contribution in [2.45, 2.75) is 6.92 Å². The first-order valence-corrected chi connectivity index (χ1v) is 7.97. The Balaban J connectivity index is 1.90. The number of benzene rings is 2. The van der Waals surface area contributed by atoms with E-state index in [4.69, 9.17) is 9.47 Å². The average Bonchev–Trinajstić information content (AvgIpc) is 2.92. The number of hydrogen-bond acceptors (Lipinski definition) is 4. The molecule has 0 saturated heterocycles. The number of amides is 1. The number of thiophene rings is 1. The maximum Gasteiger partial charge on any atom is 0.266 e. The predicted molar refractivity (Wildman–Crippen MR) is 94.1 cm³/mol. The van der Waals surface area contributed by atoms with E-state index >= 15 is 0 Å². The molecule has 23 heavy (non-hydrogen) atoms. The van der Waals surface area contributed by atoms with E-state index in [2.05, 4.69) is 5.32 Å². The molecule has 4 nitrogen and oxygen atoms in total. The van der Waals surface area contributed by atoms with Crippen LogP contribution in [0.15, 0.2) is 42.5 Å². The summed E-state index contributed by atoms with van der Waals surface area (Å²) in [6, 6.07) is 13.3. The molecule has 0 radical (unpaired) electrons. The zero-order valence-electron chi connectivity index (χ0n) is 13.2. The van der Waals surface area contributed by atoms with E-state index < -0.39 is 0 Å². The highest BCUT2D eigenvalue weighted by Crippen LogP contribution is 2.33. The van der Waals surface area contributed by atoms with Gasteiger partial charge in [-0.05, 0) is 36.1 Å². The van der Waals surface area contributed by atoms with Crippen LogP contribution >= 0.6 is 11.3 Å². The molecule has 118 valence electrons. The number of nitrogens with one attached hydrogen (secondary N) is 1. The molecule has 0 atom stereocenters. The van der Waals surface area contributed by atoms with Crippen LogP contribution in [-0.4, -0.2) is 20.1 Å². The molecule has 0 aliphatic rings. The van der Waals surface area contributed by atoms with Crippen molar-refractivity contribution in [3.8, 4) is 11.5 Å². The van der Waals surface area contributed by atoms with Crippen molar-refractivity contribution in [2.24, 2.45) is 0 Å². The van der Waals surface area contributed by atoms with Crippen LogP contribution in [0, 0.1) is 6.92 Å². The van der Waals surface area contributed by atoms with Gasteiger partial charge in [-0.25, -0.2) is 0 Å². The quantitative estimate of drug-likeness (QED) is 0.768. The van der Waals surface area contributed by atoms with E-state index in [0.717, 1.165) is 20.5 Å². The molecule has 5 heteroatoms. The topological polar surface area (TPSA) is 47.6 Å². The first-order valence-electron chi connectivity index (χ1n) is 7.15. The second-order valence-corrected chi connectivity index (χ2v) is 6.13. The summed E-state index contributed by atoms with van der Waals surface area (Å²) in [5.41, 5.74) is 1.67. The van der Waals surface area contributed by atoms with Crippen molar-refractivity contribution >= 4 is 33.0 Å². The highest BCUT2D eigenvalue weighted by atomic mass is 32.1. The lowest BCUT2D eigenvalue weighted by Gasteiger charge is -2.10. The standard InChI is InChI=1S/C18H17NO3S/c1-11-13-6-4-5-7-16(13)23-17(11)18(20)19-12-8-9-14(21-2)15(10-12)22-3/h4-10H,1-3H3,(H,19,20). The molecule has 0 aliphatic carbocycles. The zero-order chi connectivity index (χ0) is 16.4. The normalized spacial score (nSPS) is 10.6. The van der Waals surface area contributed by atoms with Crippen LogP contribution in [0.25, 0.3) is 10.1 Å². The fourth-order valence-electron chi connectivity index (χ4n) is 2.49. The van der Waals surface area contributed by atoms with Gasteiger partial charge in [0.1, 0.15) is 0 Å². The summed E-state index contributed by atoms with van der Waals surface area (Å²) in [7, 11) is 3.15. The lowest BCUT2D eigenvalue weighted by atomic mass is 10.1. The maximum absolute atomic E-state index is 12.6. The van der Waals surface area contributed by atoms with Crippen LogP contribution in [-0.2, 0) is 0 Å². The number of carbonyl (C=O) groups excluding carboxylic acids is 1. The number of aryl methyl sites for hydroxylation is 1. The Hall–Kier alpha value is -2.53. The summed E-state index contributed by atoms with van der Waals surface area (Å²) in [6.45, 7) is 1.97. The molecule has 1 N–H and O–H groups in total. The molecule has 0 unspecified atom stereocenters. The van der Waals surface area contributed by atoms with Gasteiger partial charge in [-0.1, -0.05) is 18.2 Å². The van der Waals surface area contributed by atoms with E-state index in [-0.39, 0.29) is 5.91 Å². The highest BCUT2D eigenvalue weighted by Gasteiger charge is 2.16. The summed E-state index contributed by atoms with van der Waals surface area (Å²) in [5, 5.41) is 4.04. The minimum Gasteiger partial charge on any atom is -0.493 e. The Labute approximate surface area is 138 Å². The third-order valence-electron chi connectivity index (χ3n) is 3.69. The molecular weight excluding hydrogens is 310 g/mol. The Morgan fingerprint density at radius 1 is 1.04 bits per heavy atom. The molecular formula is C18H17NO3S. The third-order valence-corrected chi connectivity index (χ3v) is 4.96. The number of fused-ring (bicyclic) bond motifs is 1. The van der Waals surface area contributed by atoms with Crippen molar-refractivity contribution < 1.29 is 14.3 Å². The van der Waals surface area contributed by atoms with Gasteiger partial charge in [-0.3, -0.25) is 4.79 Å². The van der Waals surface area contributed by atoms with Gasteiger partial charge < -0.3 is 14.8 Å². The van der Waals surface area contributed by atoms with Crippen molar-refractivity contribution in [1.82, 2.24) is 0 Å². The van der Waals surface area contributed by atoms with Crippen LogP contribution < -0.4 is 14.8 Å². The number of hydrogen-bond donors (Lipinski definition) is 1. The van der Waals surface area contributed by atoms with Gasteiger partial charge in [0.2, 0.25) is 0 Å². The van der Waals surface area contributed by atoms with Crippen molar-refractivity contribution in [1.29, 1.82) is 0 Å². The molecule has 0 bridgehead atoms. The van der Waals surface area contributed by atoms with Gasteiger partial charge in [0, 0.05) is 16.5 Å². The Kier molecular flexibility index (Phi) is 4.21. The van der Waals surface area contributed by atoms with Crippen molar-refractivity contribution in [3.63, 3.8) is 0 Å². The minimum atomic E-state index is -0.115. The molecule has 3 aromatic rings. The van der Waals surface area contributed by atoms with E-state index in [9.17, 15) is 4.79 Å². The number of methoxy groups -OCH3 is 2. The zero-order valence-corrected chi connectivity index (χ0v) is 14.0. The van der Waals surface area contributed by atoms with Crippen molar-refractivity contribution in [3.05, 3.63) is 52.9 Å². The molecule has 0 saturated carbocycles. The maximum atomic E-state index is 12.6. The van der Waals surface area contributed by atoms with Gasteiger partial charge in [-0.2, -0.15) is 0 Å². The summed E-state index contributed by atoms with van der Waals surface area (Å²) >= 11 is 1.50. The van der Waals surface area contributed by atoms with Crippen molar-refractivity contribution in [2.75, 3.05) is 19.5 Å². The van der Waals surface area contributed by atoms with E-state index in [0.29, 0.717) is 17.2 Å². The van der Waals surface area contributed by atoms with Crippen LogP contribution in [0.5, 0.6) is 11.5 Å². The summed E-state index contributed by atoms with van der Waals surface area (Å²) in [5.74, 6) is 1.10. The van der Waals surface area contributed by atoms with Crippen LogP contribution in [0.2, 0.25) is 0 Å². The van der Waals surface area contributed by atoms with E-state index in [1.54, 1.807) is 32.4 Å². The number of rotatable bonds is 4. The molecule has 1 amide bonds. The molecule has 0 aliphatic heterocycles. The number of anilines is 1. The second kappa shape index (κ2) is 6.30. The lowest BCUT2D eigenvalue weighted by molar-refractivity contribution is 0.103. The number of carbonyl (C=O) groups is 1. The molecule has 0 fully saturated rings. The molecule has 3 rings (SSSR count). The SMILES string of the molecule is COc1ccc(NC(=O)c2sc3ccccc3c2C)cc1OC. The van der Waals surface area contributed by atoms with Gasteiger partial charge in [0.15, 0.2) is 11.5 Å². The van der Waals surface area contributed by atoms with Crippen LogP contribution in [0.1, 0.15) is 15.2 Å². The van der Waals surface area contributed by atoms with Gasteiger partial charge in [0.25, 0.3) is 5.91 Å². The first-order chi connectivity index (χ1) is 11.1. The van der Waals surface area contributed by atoms with E-state index in [1.165, 1.54) is 11.3 Å². The monoisotopic (exact) mass is 327 g/mol. The lowest BCUT2D eigenvalue weighted by Crippen LogP contribution is -2.11. The summed E-state index contributed by atoms with van der Waals surface area (Å²) in [4.78, 5) is 13.3. The largest absolute Gasteiger partial charge is 0.493 e. The van der Waals surface area contributed by atoms with Crippen LogP contribution in [0.4, 0.5) is 5.69 Å². The van der Waals surface area contributed by atoms with Gasteiger partial charge in [-0.15, -0.1) is 11.3 Å². The van der Waals surface area contributed by atoms with Gasteiger partial charge in [0.05, 0.1) is 19.1 Å². The third kappa shape index (κ3) is 2.87. The average molecular weight is 327 g/mol. The fourth-order valence-corrected chi connectivity index (χ4v) is 3.60. The molecule has 1 aromatic heterocycles. The summed E-state index contributed by atoms with van der Waals surface area (Å²) < 4.78 is 11.6. The summed E-state index contributed by atoms with van der Waals surface area (Å²) in [6.07, 6.45) is 0.